The highest BCUT2D eigenvalue weighted by Gasteiger charge is 2.10. The SMILES string of the molecule is Cc1cccc(/C(N)=N/O)c1N(C)C. The molecule has 0 bridgehead atoms. The van der Waals surface area contributed by atoms with E-state index in [1.165, 1.54) is 0 Å². The third-order valence-electron chi connectivity index (χ3n) is 2.07. The van der Waals surface area contributed by atoms with E-state index in [9.17, 15) is 0 Å². The third-order valence-corrected chi connectivity index (χ3v) is 2.07. The van der Waals surface area contributed by atoms with Crippen LogP contribution in [0.4, 0.5) is 5.69 Å². The van der Waals surface area contributed by atoms with Gasteiger partial charge in [0.2, 0.25) is 0 Å². The van der Waals surface area contributed by atoms with Crippen LogP contribution in [0.25, 0.3) is 0 Å². The van der Waals surface area contributed by atoms with Gasteiger partial charge in [0.15, 0.2) is 5.84 Å². The molecule has 0 saturated carbocycles. The second-order valence-corrected chi connectivity index (χ2v) is 3.35. The first kappa shape index (κ1) is 10.4. The molecular weight excluding hydrogens is 178 g/mol. The fraction of sp³-hybridized carbons (Fsp3) is 0.300. The fourth-order valence-corrected chi connectivity index (χ4v) is 1.51. The van der Waals surface area contributed by atoms with Crippen LogP contribution < -0.4 is 10.6 Å². The summed E-state index contributed by atoms with van der Waals surface area (Å²) in [7, 11) is 3.85. The van der Waals surface area contributed by atoms with Gasteiger partial charge in [-0.3, -0.25) is 0 Å². The van der Waals surface area contributed by atoms with Crippen LogP contribution in [0.5, 0.6) is 0 Å². The molecule has 0 unspecified atom stereocenters. The Morgan fingerprint density at radius 2 is 2.07 bits per heavy atom. The normalized spacial score (nSPS) is 11.5. The zero-order chi connectivity index (χ0) is 10.7. The molecule has 0 aliphatic rings. The molecule has 0 aromatic heterocycles. The number of para-hydroxylation sites is 1. The summed E-state index contributed by atoms with van der Waals surface area (Å²) in [6, 6.07) is 5.70. The number of benzene rings is 1. The summed E-state index contributed by atoms with van der Waals surface area (Å²) in [6.07, 6.45) is 0. The molecule has 0 heterocycles. The molecule has 0 spiro atoms. The first-order chi connectivity index (χ1) is 6.57. The van der Waals surface area contributed by atoms with E-state index in [2.05, 4.69) is 5.16 Å². The van der Waals surface area contributed by atoms with Crippen LogP contribution in [-0.4, -0.2) is 25.1 Å². The van der Waals surface area contributed by atoms with Crippen molar-refractivity contribution in [2.75, 3.05) is 19.0 Å². The quantitative estimate of drug-likeness (QED) is 0.320. The zero-order valence-corrected chi connectivity index (χ0v) is 8.65. The first-order valence-electron chi connectivity index (χ1n) is 4.32. The predicted octanol–water partition coefficient (Wildman–Crippen LogP) is 1.16. The van der Waals surface area contributed by atoms with Crippen molar-refractivity contribution in [1.29, 1.82) is 0 Å². The molecule has 0 fully saturated rings. The molecule has 0 atom stereocenters. The highest BCUT2D eigenvalue weighted by atomic mass is 16.4. The van der Waals surface area contributed by atoms with Gasteiger partial charge in [0.1, 0.15) is 0 Å². The Balaban J connectivity index is 3.36. The molecule has 1 aromatic carbocycles. The van der Waals surface area contributed by atoms with E-state index in [1.54, 1.807) is 0 Å². The van der Waals surface area contributed by atoms with Crippen molar-refractivity contribution < 1.29 is 5.21 Å². The number of rotatable bonds is 2. The summed E-state index contributed by atoms with van der Waals surface area (Å²) in [5, 5.41) is 11.6. The van der Waals surface area contributed by atoms with Gasteiger partial charge in [-0.25, -0.2) is 0 Å². The Bertz CT molecular complexity index is 358. The summed E-state index contributed by atoms with van der Waals surface area (Å²) in [4.78, 5) is 1.95. The second-order valence-electron chi connectivity index (χ2n) is 3.35. The fourth-order valence-electron chi connectivity index (χ4n) is 1.51. The van der Waals surface area contributed by atoms with Crippen LogP contribution in [0.3, 0.4) is 0 Å². The van der Waals surface area contributed by atoms with Crippen molar-refractivity contribution in [2.45, 2.75) is 6.92 Å². The highest BCUT2D eigenvalue weighted by molar-refractivity contribution is 6.02. The Morgan fingerprint density at radius 3 is 2.57 bits per heavy atom. The Labute approximate surface area is 83.6 Å². The number of amidine groups is 1. The van der Waals surface area contributed by atoms with Crippen LogP contribution in [0.2, 0.25) is 0 Å². The Hall–Kier alpha value is -1.71. The van der Waals surface area contributed by atoms with Gasteiger partial charge in [-0.2, -0.15) is 0 Å². The van der Waals surface area contributed by atoms with Crippen molar-refractivity contribution in [3.63, 3.8) is 0 Å². The van der Waals surface area contributed by atoms with E-state index in [4.69, 9.17) is 10.9 Å². The maximum absolute atomic E-state index is 8.63. The van der Waals surface area contributed by atoms with Gasteiger partial charge in [-0.05, 0) is 18.6 Å². The number of nitrogens with two attached hydrogens (primary N) is 1. The lowest BCUT2D eigenvalue weighted by molar-refractivity contribution is 0.318. The molecular formula is C10H15N3O. The molecule has 0 amide bonds. The number of hydrogen-bond donors (Lipinski definition) is 2. The van der Waals surface area contributed by atoms with E-state index in [1.807, 2.05) is 44.1 Å². The van der Waals surface area contributed by atoms with Gasteiger partial charge < -0.3 is 15.8 Å². The number of aryl methyl sites for hydroxylation is 1. The lowest BCUT2D eigenvalue weighted by Crippen LogP contribution is -2.20. The number of hydrogen-bond acceptors (Lipinski definition) is 3. The molecule has 0 aliphatic carbocycles. The van der Waals surface area contributed by atoms with Crippen molar-refractivity contribution in [3.8, 4) is 0 Å². The highest BCUT2D eigenvalue weighted by Crippen LogP contribution is 2.22. The van der Waals surface area contributed by atoms with Crippen LogP contribution in [0.1, 0.15) is 11.1 Å². The first-order valence-corrected chi connectivity index (χ1v) is 4.32. The van der Waals surface area contributed by atoms with Gasteiger partial charge in [-0.1, -0.05) is 17.3 Å². The zero-order valence-electron chi connectivity index (χ0n) is 8.65. The van der Waals surface area contributed by atoms with E-state index in [0.29, 0.717) is 0 Å². The largest absolute Gasteiger partial charge is 0.409 e. The van der Waals surface area contributed by atoms with Gasteiger partial charge in [-0.15, -0.1) is 0 Å². The average molecular weight is 193 g/mol. The molecule has 76 valence electrons. The summed E-state index contributed by atoms with van der Waals surface area (Å²) in [5.74, 6) is 0.136. The van der Waals surface area contributed by atoms with E-state index < -0.39 is 0 Å². The Morgan fingerprint density at radius 1 is 1.43 bits per heavy atom. The molecule has 4 nitrogen and oxygen atoms in total. The third kappa shape index (κ3) is 1.79. The topological polar surface area (TPSA) is 61.9 Å². The molecule has 1 rings (SSSR count). The van der Waals surface area contributed by atoms with Gasteiger partial charge in [0, 0.05) is 19.7 Å². The van der Waals surface area contributed by atoms with Crippen LogP contribution in [-0.2, 0) is 0 Å². The maximum Gasteiger partial charge on any atom is 0.172 e. The van der Waals surface area contributed by atoms with Gasteiger partial charge in [0.25, 0.3) is 0 Å². The number of anilines is 1. The van der Waals surface area contributed by atoms with Crippen molar-refractivity contribution >= 4 is 11.5 Å². The molecule has 4 heteroatoms. The molecule has 3 N–H and O–H groups in total. The summed E-state index contributed by atoms with van der Waals surface area (Å²) in [6.45, 7) is 1.99. The van der Waals surface area contributed by atoms with E-state index in [0.717, 1.165) is 16.8 Å². The molecule has 14 heavy (non-hydrogen) atoms. The van der Waals surface area contributed by atoms with Crippen molar-refractivity contribution in [1.82, 2.24) is 0 Å². The number of nitrogens with zero attached hydrogens (tertiary/aromatic N) is 2. The lowest BCUT2D eigenvalue weighted by atomic mass is 10.1. The Kier molecular flexibility index (Phi) is 2.96. The minimum atomic E-state index is 0.136. The van der Waals surface area contributed by atoms with Gasteiger partial charge >= 0.3 is 0 Å². The molecule has 0 saturated heterocycles. The molecule has 0 aliphatic heterocycles. The summed E-state index contributed by atoms with van der Waals surface area (Å²) in [5.41, 5.74) is 8.39. The second kappa shape index (κ2) is 4.00. The maximum atomic E-state index is 8.63. The molecule has 1 aromatic rings. The van der Waals surface area contributed by atoms with Crippen LogP contribution in [0, 0.1) is 6.92 Å². The van der Waals surface area contributed by atoms with Crippen LogP contribution >= 0.6 is 0 Å². The summed E-state index contributed by atoms with van der Waals surface area (Å²) < 4.78 is 0. The van der Waals surface area contributed by atoms with Crippen molar-refractivity contribution in [3.05, 3.63) is 29.3 Å². The lowest BCUT2D eigenvalue weighted by Gasteiger charge is -2.19. The number of oxime groups is 1. The smallest absolute Gasteiger partial charge is 0.172 e. The molecule has 0 radical (unpaired) electrons. The van der Waals surface area contributed by atoms with E-state index in [-0.39, 0.29) is 5.84 Å². The minimum Gasteiger partial charge on any atom is -0.409 e. The standard InChI is InChI=1S/C10H15N3O/c1-7-5-4-6-8(10(11)12-14)9(7)13(2)3/h4-6,14H,1-3H3,(H2,11,12). The van der Waals surface area contributed by atoms with Gasteiger partial charge in [0.05, 0.1) is 5.69 Å². The van der Waals surface area contributed by atoms with Crippen molar-refractivity contribution in [2.24, 2.45) is 10.9 Å². The average Bonchev–Trinajstić information content (AvgIpc) is 2.15. The summed E-state index contributed by atoms with van der Waals surface area (Å²) >= 11 is 0. The minimum absolute atomic E-state index is 0.136. The predicted molar refractivity (Wildman–Crippen MR) is 58.0 cm³/mol. The van der Waals surface area contributed by atoms with E-state index >= 15 is 0 Å². The van der Waals surface area contributed by atoms with Crippen LogP contribution in [0.15, 0.2) is 23.4 Å². The monoisotopic (exact) mass is 193 g/mol.